The number of anilines is 1. The topological polar surface area (TPSA) is 99.2 Å². The van der Waals surface area contributed by atoms with Gasteiger partial charge in [0.2, 0.25) is 0 Å². The minimum absolute atomic E-state index is 0.0246. The van der Waals surface area contributed by atoms with Gasteiger partial charge in [-0.3, -0.25) is 14.4 Å². The molecule has 0 spiro atoms. The van der Waals surface area contributed by atoms with E-state index in [1.807, 2.05) is 44.7 Å². The average Bonchev–Trinajstić information content (AvgIpc) is 3.48. The molecule has 1 aliphatic rings. The van der Waals surface area contributed by atoms with E-state index in [4.69, 9.17) is 9.72 Å². The maximum atomic E-state index is 12.6. The zero-order chi connectivity index (χ0) is 25.9. The van der Waals surface area contributed by atoms with Gasteiger partial charge in [-0.2, -0.15) is 5.10 Å². The van der Waals surface area contributed by atoms with Gasteiger partial charge in [0.1, 0.15) is 5.82 Å². The van der Waals surface area contributed by atoms with Crippen molar-refractivity contribution in [1.29, 1.82) is 0 Å². The highest BCUT2D eigenvalue weighted by Crippen LogP contribution is 2.36. The molecule has 0 saturated heterocycles. The summed E-state index contributed by atoms with van der Waals surface area (Å²) in [6, 6.07) is 9.31. The molecule has 1 N–H and O–H groups in total. The number of nitrogens with one attached hydrogen (secondary N) is 1. The molecule has 4 aromatic rings. The van der Waals surface area contributed by atoms with Crippen LogP contribution in [0.25, 0.3) is 11.0 Å². The monoisotopic (exact) mass is 503 g/mol. The largest absolute Gasteiger partial charge is 0.452 e. The number of pyridine rings is 1. The van der Waals surface area contributed by atoms with E-state index in [1.165, 1.54) is 7.11 Å². The standard InChI is InChI=1S/C27H33N7O3/c1-19-7-8-21-22(34(19)27(36)37-3)9-10-23-26(21)30-24(11-14-32-13-5-4-6-25(32)35)33(23)15-12-28-16-20-17-29-31(2)18-20/h4-6,9-10,13,17-19,28H,7-8,11-12,14-16H2,1-3H3/t19-/m0/s1. The fourth-order valence-electron chi connectivity index (χ4n) is 5.15. The summed E-state index contributed by atoms with van der Waals surface area (Å²) in [4.78, 5) is 31.6. The number of fused-ring (bicyclic) bond motifs is 3. The molecule has 0 aliphatic carbocycles. The summed E-state index contributed by atoms with van der Waals surface area (Å²) in [7, 11) is 3.33. The van der Waals surface area contributed by atoms with Crippen LogP contribution in [0.5, 0.6) is 0 Å². The van der Waals surface area contributed by atoms with Crippen LogP contribution in [0.2, 0.25) is 0 Å². The summed E-state index contributed by atoms with van der Waals surface area (Å²) in [5, 5.41) is 7.73. The lowest BCUT2D eigenvalue weighted by Gasteiger charge is -2.34. The van der Waals surface area contributed by atoms with Gasteiger partial charge in [-0.05, 0) is 38.0 Å². The summed E-state index contributed by atoms with van der Waals surface area (Å²) >= 11 is 0. The summed E-state index contributed by atoms with van der Waals surface area (Å²) in [6.07, 6.45) is 7.63. The zero-order valence-corrected chi connectivity index (χ0v) is 21.6. The second kappa shape index (κ2) is 10.6. The number of carbonyl (C=O) groups is 1. The fourth-order valence-corrected chi connectivity index (χ4v) is 5.15. The van der Waals surface area contributed by atoms with Crippen molar-refractivity contribution in [3.63, 3.8) is 0 Å². The van der Waals surface area contributed by atoms with Gasteiger partial charge in [-0.25, -0.2) is 9.78 Å². The number of nitrogens with zero attached hydrogens (tertiary/aromatic N) is 6. The van der Waals surface area contributed by atoms with Crippen LogP contribution in [-0.4, -0.2) is 49.7 Å². The molecule has 10 heteroatoms. The van der Waals surface area contributed by atoms with Crippen LogP contribution in [-0.2, 0) is 44.3 Å². The van der Waals surface area contributed by atoms with Gasteiger partial charge in [0.05, 0.1) is 30.0 Å². The molecule has 0 radical (unpaired) electrons. The Morgan fingerprint density at radius 3 is 2.84 bits per heavy atom. The summed E-state index contributed by atoms with van der Waals surface area (Å²) in [5.41, 5.74) is 5.00. The predicted molar refractivity (Wildman–Crippen MR) is 142 cm³/mol. The molecule has 4 heterocycles. The number of amides is 1. The number of carbonyl (C=O) groups excluding carboxylic acids is 1. The highest BCUT2D eigenvalue weighted by atomic mass is 16.5. The van der Waals surface area contributed by atoms with E-state index < -0.39 is 0 Å². The van der Waals surface area contributed by atoms with Crippen molar-refractivity contribution in [2.45, 2.75) is 51.9 Å². The van der Waals surface area contributed by atoms with Crippen molar-refractivity contribution in [3.8, 4) is 0 Å². The minimum Gasteiger partial charge on any atom is -0.452 e. The van der Waals surface area contributed by atoms with Crippen molar-refractivity contribution < 1.29 is 9.53 Å². The third kappa shape index (κ3) is 5.01. The molecule has 10 nitrogen and oxygen atoms in total. The van der Waals surface area contributed by atoms with Crippen molar-refractivity contribution in [1.82, 2.24) is 29.2 Å². The Kier molecular flexibility index (Phi) is 7.09. The molecule has 0 fully saturated rings. The van der Waals surface area contributed by atoms with Gasteiger partial charge in [-0.1, -0.05) is 6.07 Å². The number of benzene rings is 1. The van der Waals surface area contributed by atoms with Crippen molar-refractivity contribution in [2.75, 3.05) is 18.6 Å². The van der Waals surface area contributed by atoms with E-state index in [0.29, 0.717) is 13.0 Å². The summed E-state index contributed by atoms with van der Waals surface area (Å²) in [5.74, 6) is 0.922. The molecule has 0 unspecified atom stereocenters. The maximum absolute atomic E-state index is 12.6. The average molecular weight is 504 g/mol. The van der Waals surface area contributed by atoms with Crippen LogP contribution in [0.3, 0.4) is 0 Å². The van der Waals surface area contributed by atoms with E-state index in [2.05, 4.69) is 21.0 Å². The lowest BCUT2D eigenvalue weighted by molar-refractivity contribution is 0.175. The molecule has 3 aromatic heterocycles. The summed E-state index contributed by atoms with van der Waals surface area (Å²) in [6.45, 7) is 4.79. The van der Waals surface area contributed by atoms with Crippen LogP contribution in [0.15, 0.2) is 53.7 Å². The van der Waals surface area contributed by atoms with E-state index in [-0.39, 0.29) is 17.7 Å². The van der Waals surface area contributed by atoms with Gasteiger partial charge >= 0.3 is 6.09 Å². The van der Waals surface area contributed by atoms with E-state index in [9.17, 15) is 9.59 Å². The first-order chi connectivity index (χ1) is 18.0. The SMILES string of the molecule is COC(=O)N1c2ccc3c(nc(CCn4ccccc4=O)n3CCNCc3cnn(C)c3)c2CC[C@@H]1C. The Bertz CT molecular complexity index is 1470. The predicted octanol–water partition coefficient (Wildman–Crippen LogP) is 2.87. The van der Waals surface area contributed by atoms with Gasteiger partial charge in [0.25, 0.3) is 5.56 Å². The summed E-state index contributed by atoms with van der Waals surface area (Å²) < 4.78 is 10.8. The number of hydrogen-bond acceptors (Lipinski definition) is 6. The Morgan fingerprint density at radius 1 is 1.22 bits per heavy atom. The first-order valence-electron chi connectivity index (χ1n) is 12.7. The minimum atomic E-state index is -0.351. The van der Waals surface area contributed by atoms with Crippen molar-refractivity contribution >= 4 is 22.8 Å². The smallest absolute Gasteiger partial charge is 0.414 e. The van der Waals surface area contributed by atoms with Crippen LogP contribution < -0.4 is 15.8 Å². The maximum Gasteiger partial charge on any atom is 0.414 e. The number of imidazole rings is 1. The number of hydrogen-bond donors (Lipinski definition) is 1. The molecule has 37 heavy (non-hydrogen) atoms. The highest BCUT2D eigenvalue weighted by Gasteiger charge is 2.31. The number of aryl methyl sites for hydroxylation is 4. The van der Waals surface area contributed by atoms with Crippen LogP contribution in [0, 0.1) is 0 Å². The first kappa shape index (κ1) is 24.8. The first-order valence-corrected chi connectivity index (χ1v) is 12.7. The third-order valence-electron chi connectivity index (χ3n) is 7.04. The van der Waals surface area contributed by atoms with Gasteiger partial charge in [0, 0.05) is 75.3 Å². The lowest BCUT2D eigenvalue weighted by Crippen LogP contribution is -2.42. The lowest BCUT2D eigenvalue weighted by atomic mass is 9.96. The zero-order valence-electron chi connectivity index (χ0n) is 21.6. The quantitative estimate of drug-likeness (QED) is 0.371. The number of methoxy groups -OCH3 is 1. The number of rotatable bonds is 8. The third-order valence-corrected chi connectivity index (χ3v) is 7.04. The highest BCUT2D eigenvalue weighted by molar-refractivity contribution is 5.95. The Balaban J connectivity index is 1.46. The Labute approximate surface area is 215 Å². The Morgan fingerprint density at radius 2 is 2.08 bits per heavy atom. The second-order valence-corrected chi connectivity index (χ2v) is 9.52. The van der Waals surface area contributed by atoms with Crippen molar-refractivity contribution in [3.05, 3.63) is 76.2 Å². The van der Waals surface area contributed by atoms with E-state index in [1.54, 1.807) is 26.3 Å². The molecule has 0 saturated carbocycles. The Hall–Kier alpha value is -3.92. The fraction of sp³-hybridized carbons (Fsp3) is 0.407. The number of aromatic nitrogens is 5. The van der Waals surface area contributed by atoms with Gasteiger partial charge < -0.3 is 19.2 Å². The van der Waals surface area contributed by atoms with Gasteiger partial charge in [-0.15, -0.1) is 0 Å². The van der Waals surface area contributed by atoms with Crippen LogP contribution >= 0.6 is 0 Å². The molecule has 194 valence electrons. The van der Waals surface area contributed by atoms with Crippen LogP contribution in [0.4, 0.5) is 10.5 Å². The van der Waals surface area contributed by atoms with E-state index >= 15 is 0 Å². The van der Waals surface area contributed by atoms with Gasteiger partial charge in [0.15, 0.2) is 0 Å². The molecule has 5 rings (SSSR count). The van der Waals surface area contributed by atoms with Crippen LogP contribution in [0.1, 0.15) is 30.3 Å². The molecular weight excluding hydrogens is 470 g/mol. The molecule has 1 atom stereocenters. The molecule has 0 bridgehead atoms. The molecular formula is C27H33N7O3. The second-order valence-electron chi connectivity index (χ2n) is 9.52. The molecule has 1 amide bonds. The normalized spacial score (nSPS) is 15.2. The van der Waals surface area contributed by atoms with E-state index in [0.717, 1.165) is 66.1 Å². The molecule has 1 aromatic carbocycles. The molecule has 1 aliphatic heterocycles. The van der Waals surface area contributed by atoms with Crippen molar-refractivity contribution in [2.24, 2.45) is 7.05 Å². The number of ether oxygens (including phenoxy) is 1.